The van der Waals surface area contributed by atoms with Crippen molar-refractivity contribution in [1.29, 1.82) is 0 Å². The maximum atomic E-state index is 9.75. The van der Waals surface area contributed by atoms with E-state index in [0.717, 1.165) is 56.1 Å². The minimum atomic E-state index is -6.00. The molecule has 0 N–H and O–H groups in total. The van der Waals surface area contributed by atoms with E-state index in [1.807, 2.05) is 60.7 Å². The van der Waals surface area contributed by atoms with E-state index in [0.29, 0.717) is 0 Å². The lowest BCUT2D eigenvalue weighted by atomic mass is 9.96. The Morgan fingerprint density at radius 1 is 0.632 bits per heavy atom. The van der Waals surface area contributed by atoms with E-state index in [9.17, 15) is 17.3 Å². The minimum absolute atomic E-state index is 0.815. The van der Waals surface area contributed by atoms with Crippen molar-refractivity contribution < 1.29 is 26.4 Å². The monoisotopic (exact) mass is 512 g/mol. The molecule has 6 rings (SSSR count). The van der Waals surface area contributed by atoms with Gasteiger partial charge in [0.2, 0.25) is 0 Å². The maximum absolute atomic E-state index is 9.75. The molecule has 0 aliphatic carbocycles. The number of fused-ring (bicyclic) bond motifs is 2. The molecule has 1 aliphatic heterocycles. The quantitative estimate of drug-likeness (QED) is 0.136. The Morgan fingerprint density at radius 2 is 1.21 bits per heavy atom. The molecule has 4 aromatic carbocycles. The van der Waals surface area contributed by atoms with Crippen LogP contribution in [0.15, 0.2) is 126 Å². The lowest BCUT2D eigenvalue weighted by molar-refractivity contribution is 0.368. The first-order valence-corrected chi connectivity index (χ1v) is 11.9. The molecule has 2 heterocycles. The number of rotatable bonds is 3. The van der Waals surface area contributed by atoms with Crippen LogP contribution < -0.4 is 4.74 Å². The second-order valence-corrected chi connectivity index (χ2v) is 8.50. The molecule has 0 saturated heterocycles. The third kappa shape index (κ3) is 6.01. The molecule has 0 spiro atoms. The SMILES string of the molecule is C1=C(c2ccccc2)Oc2ccccc2C1=Cc1[o+]c2ccccc2cc1-c1ccccc1.F[B-](F)(F)F. The molecule has 0 fully saturated rings. The number of para-hydroxylation sites is 2. The molecule has 0 saturated carbocycles. The van der Waals surface area contributed by atoms with Gasteiger partial charge < -0.3 is 22.0 Å². The maximum Gasteiger partial charge on any atom is 0.673 e. The lowest BCUT2D eigenvalue weighted by Gasteiger charge is -2.20. The van der Waals surface area contributed by atoms with Crippen LogP contribution in [-0.4, -0.2) is 7.25 Å². The van der Waals surface area contributed by atoms with Gasteiger partial charge in [0.05, 0.1) is 17.0 Å². The summed E-state index contributed by atoms with van der Waals surface area (Å²) in [6.07, 6.45) is 4.22. The van der Waals surface area contributed by atoms with Crippen molar-refractivity contribution in [3.05, 3.63) is 138 Å². The van der Waals surface area contributed by atoms with Crippen LogP contribution in [0.5, 0.6) is 5.75 Å². The van der Waals surface area contributed by atoms with E-state index in [1.54, 1.807) is 0 Å². The number of ether oxygens (including phenoxy) is 1. The first-order chi connectivity index (χ1) is 18.3. The molecule has 38 heavy (non-hydrogen) atoms. The van der Waals surface area contributed by atoms with E-state index in [4.69, 9.17) is 9.15 Å². The van der Waals surface area contributed by atoms with Gasteiger partial charge in [0, 0.05) is 17.2 Å². The van der Waals surface area contributed by atoms with Crippen molar-refractivity contribution in [3.63, 3.8) is 0 Å². The molecule has 0 radical (unpaired) electrons. The topological polar surface area (TPSA) is 20.5 Å². The Morgan fingerprint density at radius 3 is 1.92 bits per heavy atom. The van der Waals surface area contributed by atoms with E-state index >= 15 is 0 Å². The van der Waals surface area contributed by atoms with Crippen molar-refractivity contribution in [3.8, 4) is 16.9 Å². The largest absolute Gasteiger partial charge is 0.673 e. The summed E-state index contributed by atoms with van der Waals surface area (Å²) >= 11 is 0. The molecule has 0 atom stereocenters. The van der Waals surface area contributed by atoms with Gasteiger partial charge in [-0.1, -0.05) is 91.0 Å². The smallest absolute Gasteiger partial charge is 0.456 e. The molecular weight excluding hydrogens is 491 g/mol. The average molecular weight is 512 g/mol. The van der Waals surface area contributed by atoms with Crippen LogP contribution in [0, 0.1) is 0 Å². The Hall–Kier alpha value is -4.65. The highest BCUT2D eigenvalue weighted by molar-refractivity contribution is 6.50. The minimum Gasteiger partial charge on any atom is -0.456 e. The van der Waals surface area contributed by atoms with Crippen LogP contribution in [0.25, 0.3) is 39.5 Å². The first kappa shape index (κ1) is 25.0. The summed E-state index contributed by atoms with van der Waals surface area (Å²) in [7, 11) is -6.00. The van der Waals surface area contributed by atoms with Crippen molar-refractivity contribution >= 4 is 35.6 Å². The highest BCUT2D eigenvalue weighted by Crippen LogP contribution is 2.39. The molecule has 5 aromatic rings. The highest BCUT2D eigenvalue weighted by Gasteiger charge is 2.23. The molecule has 1 aliphatic rings. The van der Waals surface area contributed by atoms with E-state index in [-0.39, 0.29) is 0 Å². The molecule has 0 bridgehead atoms. The fraction of sp³-hybridized carbons (Fsp3) is 0. The highest BCUT2D eigenvalue weighted by atomic mass is 19.5. The van der Waals surface area contributed by atoms with Gasteiger partial charge >= 0.3 is 18.6 Å². The number of halogens is 4. The Kier molecular flexibility index (Phi) is 7.09. The summed E-state index contributed by atoms with van der Waals surface area (Å²) in [5.41, 5.74) is 6.16. The van der Waals surface area contributed by atoms with E-state index in [2.05, 4.69) is 66.7 Å². The van der Waals surface area contributed by atoms with Gasteiger partial charge in [-0.15, -0.1) is 0 Å². The summed E-state index contributed by atoms with van der Waals surface area (Å²) < 4.78 is 51.7. The first-order valence-electron chi connectivity index (χ1n) is 11.9. The number of hydrogen-bond acceptors (Lipinski definition) is 1. The molecule has 0 amide bonds. The van der Waals surface area contributed by atoms with Gasteiger partial charge in [0.1, 0.15) is 11.5 Å². The third-order valence-electron chi connectivity index (χ3n) is 5.84. The van der Waals surface area contributed by atoms with Crippen molar-refractivity contribution in [2.24, 2.45) is 0 Å². The molecule has 1 aromatic heterocycles. The van der Waals surface area contributed by atoms with Gasteiger partial charge in [-0.25, -0.2) is 4.42 Å². The summed E-state index contributed by atoms with van der Waals surface area (Å²) in [5, 5.41) is 1.08. The summed E-state index contributed by atoms with van der Waals surface area (Å²) in [4.78, 5) is 0. The van der Waals surface area contributed by atoms with E-state index in [1.165, 1.54) is 0 Å². The van der Waals surface area contributed by atoms with Gasteiger partial charge in [-0.3, -0.25) is 0 Å². The Balaban J connectivity index is 0.000000540. The number of benzene rings is 4. The van der Waals surface area contributed by atoms with Crippen LogP contribution >= 0.6 is 0 Å². The van der Waals surface area contributed by atoms with Crippen LogP contribution in [0.3, 0.4) is 0 Å². The molecule has 188 valence electrons. The lowest BCUT2D eigenvalue weighted by Crippen LogP contribution is -2.03. The fourth-order valence-electron chi connectivity index (χ4n) is 4.21. The number of allylic oxidation sites excluding steroid dienone is 2. The van der Waals surface area contributed by atoms with Crippen molar-refractivity contribution in [1.82, 2.24) is 0 Å². The predicted octanol–water partition coefficient (Wildman–Crippen LogP) is 9.65. The fourth-order valence-corrected chi connectivity index (χ4v) is 4.21. The Labute approximate surface area is 217 Å². The van der Waals surface area contributed by atoms with Gasteiger partial charge in [-0.05, 0) is 35.4 Å². The van der Waals surface area contributed by atoms with Crippen molar-refractivity contribution in [2.75, 3.05) is 0 Å². The zero-order chi connectivity index (χ0) is 26.5. The Bertz CT molecular complexity index is 1620. The van der Waals surface area contributed by atoms with Gasteiger partial charge in [0.15, 0.2) is 0 Å². The standard InChI is InChI=1S/C31H21O2.BF4/c1-3-11-22(12-4-1)27-19-24-15-7-9-17-28(24)32-31(27)21-25-20-30(23-13-5-2-6-14-23)33-29-18-10-8-16-26(25)29;2-1(3,4)5/h1-21H;/q+1;-1. The molecular formula is C31H21BF4O2. The second-order valence-electron chi connectivity index (χ2n) is 8.50. The summed E-state index contributed by atoms with van der Waals surface area (Å²) in [6.45, 7) is 0. The average Bonchev–Trinajstić information content (AvgIpc) is 2.93. The normalized spacial score (nSPS) is 13.7. The molecule has 7 heteroatoms. The predicted molar refractivity (Wildman–Crippen MR) is 146 cm³/mol. The summed E-state index contributed by atoms with van der Waals surface area (Å²) in [5.74, 6) is 2.48. The second kappa shape index (κ2) is 10.8. The van der Waals surface area contributed by atoms with Gasteiger partial charge in [-0.2, -0.15) is 0 Å². The van der Waals surface area contributed by atoms with Crippen LogP contribution in [0.2, 0.25) is 0 Å². The third-order valence-corrected chi connectivity index (χ3v) is 5.84. The van der Waals surface area contributed by atoms with E-state index < -0.39 is 7.25 Å². The number of hydrogen-bond donors (Lipinski definition) is 0. The van der Waals surface area contributed by atoms with Crippen LogP contribution in [-0.2, 0) is 0 Å². The molecule has 2 nitrogen and oxygen atoms in total. The molecule has 0 unspecified atom stereocenters. The van der Waals surface area contributed by atoms with Crippen LogP contribution in [0.1, 0.15) is 16.9 Å². The van der Waals surface area contributed by atoms with Crippen LogP contribution in [0.4, 0.5) is 17.3 Å². The zero-order valence-corrected chi connectivity index (χ0v) is 20.0. The van der Waals surface area contributed by atoms with Gasteiger partial charge in [0.25, 0.3) is 0 Å². The zero-order valence-electron chi connectivity index (χ0n) is 20.0. The summed E-state index contributed by atoms with van der Waals surface area (Å²) in [6, 6.07) is 39.0. The van der Waals surface area contributed by atoms with Crippen molar-refractivity contribution in [2.45, 2.75) is 0 Å².